The van der Waals surface area contributed by atoms with E-state index in [2.05, 4.69) is 28.1 Å². The Hall–Kier alpha value is -3.56. The van der Waals surface area contributed by atoms with Gasteiger partial charge in [0.05, 0.1) is 44.3 Å². The fourth-order valence-corrected chi connectivity index (χ4v) is 7.90. The summed E-state index contributed by atoms with van der Waals surface area (Å²) in [5.74, 6) is -1.89. The number of aromatic nitrogens is 1. The van der Waals surface area contributed by atoms with Gasteiger partial charge in [-0.2, -0.15) is 0 Å². The highest BCUT2D eigenvalue weighted by Crippen LogP contribution is 2.53. The molecule has 4 atom stereocenters. The number of aryl methyl sites for hydroxylation is 1. The number of nitrogens with zero attached hydrogens (tertiary/aromatic N) is 2. The Morgan fingerprint density at radius 2 is 1.60 bits per heavy atom. The second-order valence-corrected chi connectivity index (χ2v) is 13.5. The maximum atomic E-state index is 13.5. The van der Waals surface area contributed by atoms with Crippen LogP contribution in [0.25, 0.3) is 22.2 Å². The van der Waals surface area contributed by atoms with E-state index in [1.54, 1.807) is 43.3 Å². The number of halogens is 4. The molecule has 1 saturated carbocycles. The third-order valence-electron chi connectivity index (χ3n) is 8.90. The Balaban J connectivity index is 1.21. The molecule has 4 aromatic rings. The topological polar surface area (TPSA) is 93.6 Å². The molecule has 2 fully saturated rings. The van der Waals surface area contributed by atoms with Crippen molar-refractivity contribution in [2.75, 3.05) is 11.5 Å². The van der Waals surface area contributed by atoms with Crippen molar-refractivity contribution in [1.82, 2.24) is 4.98 Å². The lowest BCUT2D eigenvalue weighted by atomic mass is 9.85. The van der Waals surface area contributed by atoms with E-state index in [1.807, 2.05) is 0 Å². The van der Waals surface area contributed by atoms with Gasteiger partial charge in [0.25, 0.3) is 0 Å². The van der Waals surface area contributed by atoms with Crippen molar-refractivity contribution in [3.63, 3.8) is 0 Å². The van der Waals surface area contributed by atoms with E-state index >= 15 is 0 Å². The predicted molar refractivity (Wildman–Crippen MR) is 176 cm³/mol. The van der Waals surface area contributed by atoms with Crippen molar-refractivity contribution in [3.05, 3.63) is 103 Å². The molecule has 0 N–H and O–H groups in total. The number of amides is 2. The molecule has 1 saturated heterocycles. The van der Waals surface area contributed by atoms with Crippen LogP contribution in [0.15, 0.2) is 71.2 Å². The lowest BCUT2D eigenvalue weighted by Crippen LogP contribution is -2.32. The number of carbonyl (C=O) groups excluding carboxylic acids is 4. The molecule has 2 amide bonds. The van der Waals surface area contributed by atoms with Gasteiger partial charge in [0.15, 0.2) is 6.61 Å². The Kier molecular flexibility index (Phi) is 7.60. The van der Waals surface area contributed by atoms with Crippen LogP contribution in [-0.2, 0) is 14.3 Å². The maximum Gasteiger partial charge on any atom is 0.339 e. The lowest BCUT2D eigenvalue weighted by Gasteiger charge is -2.18. The van der Waals surface area contributed by atoms with Crippen LogP contribution in [0, 0.1) is 30.6 Å². The number of anilines is 1. The molecular formula is C34H22BrCl3N2O5. The Morgan fingerprint density at radius 3 is 2.24 bits per heavy atom. The monoisotopic (exact) mass is 722 g/mol. The number of allylic oxidation sites excluding steroid dienone is 2. The molecule has 2 aliphatic carbocycles. The zero-order chi connectivity index (χ0) is 31.7. The third kappa shape index (κ3) is 4.99. The molecule has 1 aliphatic heterocycles. The SMILES string of the molecule is Cc1c(Cl)c(Br)cc2c(C(=O)OCC(=O)c3ccc(Cl)cc3Cl)cc(-c3ccc(N4C(=O)C5C6C=CC(C6)C5C4=O)cc3)nc12. The van der Waals surface area contributed by atoms with E-state index in [0.717, 1.165) is 6.42 Å². The van der Waals surface area contributed by atoms with Crippen molar-refractivity contribution >= 4 is 90.9 Å². The van der Waals surface area contributed by atoms with E-state index in [9.17, 15) is 19.2 Å². The van der Waals surface area contributed by atoms with E-state index in [1.165, 1.54) is 23.1 Å². The van der Waals surface area contributed by atoms with E-state index in [4.69, 9.17) is 44.5 Å². The second-order valence-electron chi connectivity index (χ2n) is 11.4. The zero-order valence-corrected chi connectivity index (χ0v) is 27.4. The van der Waals surface area contributed by atoms with Crippen LogP contribution in [0.5, 0.6) is 0 Å². The summed E-state index contributed by atoms with van der Waals surface area (Å²) in [6.45, 7) is 1.25. The van der Waals surface area contributed by atoms with Crippen LogP contribution < -0.4 is 4.90 Å². The summed E-state index contributed by atoms with van der Waals surface area (Å²) in [7, 11) is 0. The molecule has 0 spiro atoms. The Labute approximate surface area is 281 Å². The van der Waals surface area contributed by atoms with Crippen molar-refractivity contribution in [1.29, 1.82) is 0 Å². The molecule has 226 valence electrons. The highest BCUT2D eigenvalue weighted by molar-refractivity contribution is 9.10. The van der Waals surface area contributed by atoms with Crippen molar-refractivity contribution in [2.45, 2.75) is 13.3 Å². The largest absolute Gasteiger partial charge is 0.454 e. The number of ether oxygens (including phenoxy) is 1. The van der Waals surface area contributed by atoms with Gasteiger partial charge in [-0.25, -0.2) is 9.78 Å². The van der Waals surface area contributed by atoms with Gasteiger partial charge >= 0.3 is 5.97 Å². The summed E-state index contributed by atoms with van der Waals surface area (Å²) in [6, 6.07) is 14.6. The van der Waals surface area contributed by atoms with Crippen molar-refractivity contribution < 1.29 is 23.9 Å². The number of pyridine rings is 1. The molecule has 7 rings (SSSR count). The molecule has 11 heteroatoms. The highest BCUT2D eigenvalue weighted by Gasteiger charge is 2.59. The first kappa shape index (κ1) is 30.1. The lowest BCUT2D eigenvalue weighted by molar-refractivity contribution is -0.123. The van der Waals surface area contributed by atoms with Gasteiger partial charge in [0.1, 0.15) is 0 Å². The summed E-state index contributed by atoms with van der Waals surface area (Å²) in [5.41, 5.74) is 3.04. The summed E-state index contributed by atoms with van der Waals surface area (Å²) < 4.78 is 6.03. The molecular weight excluding hydrogens is 703 g/mol. The fraction of sp³-hybridized carbons (Fsp3) is 0.206. The number of hydrogen-bond acceptors (Lipinski definition) is 6. The zero-order valence-electron chi connectivity index (χ0n) is 23.5. The Morgan fingerprint density at radius 1 is 0.933 bits per heavy atom. The van der Waals surface area contributed by atoms with Crippen molar-refractivity contribution in [2.24, 2.45) is 23.7 Å². The molecule has 2 bridgehead atoms. The molecule has 4 unspecified atom stereocenters. The minimum absolute atomic E-state index is 0.120. The first-order chi connectivity index (χ1) is 21.5. The number of hydrogen-bond donors (Lipinski definition) is 0. The minimum atomic E-state index is -0.740. The molecule has 7 nitrogen and oxygen atoms in total. The van der Waals surface area contributed by atoms with Crippen LogP contribution in [-0.4, -0.2) is 35.2 Å². The fourth-order valence-electron chi connectivity index (χ4n) is 6.72. The van der Waals surface area contributed by atoms with Crippen molar-refractivity contribution in [3.8, 4) is 11.3 Å². The van der Waals surface area contributed by atoms with Crippen LogP contribution in [0.3, 0.4) is 0 Å². The number of fused-ring (bicyclic) bond motifs is 6. The van der Waals surface area contributed by atoms with Crippen LogP contribution in [0.4, 0.5) is 5.69 Å². The summed E-state index contributed by atoms with van der Waals surface area (Å²) in [5, 5.41) is 1.45. The molecule has 0 radical (unpaired) electrons. The smallest absolute Gasteiger partial charge is 0.339 e. The normalized spacial score (nSPS) is 21.6. The first-order valence-electron chi connectivity index (χ1n) is 14.1. The standard InChI is InChI=1S/C34H22BrCl3N2O5/c1-15-30(38)24(35)12-22-23(34(44)45-14-27(41)21-9-6-19(36)11-25(21)37)13-26(39-31(15)22)16-4-7-20(8-5-16)40-32(42)28-17-2-3-18(10-17)29(28)33(40)43/h2-9,11-13,17-18,28-29H,10,14H2,1H3. The average molecular weight is 725 g/mol. The van der Waals surface area contributed by atoms with E-state index in [-0.39, 0.29) is 51.6 Å². The van der Waals surface area contributed by atoms with Gasteiger partial charge in [-0.15, -0.1) is 0 Å². The molecule has 45 heavy (non-hydrogen) atoms. The number of esters is 1. The number of ketones is 1. The molecule has 1 aromatic heterocycles. The van der Waals surface area contributed by atoms with Gasteiger partial charge < -0.3 is 4.74 Å². The summed E-state index contributed by atoms with van der Waals surface area (Å²) in [6.07, 6.45) is 4.99. The van der Waals surface area contributed by atoms with Gasteiger partial charge in [0, 0.05) is 26.0 Å². The predicted octanol–water partition coefficient (Wildman–Crippen LogP) is 8.28. The quantitative estimate of drug-likeness (QED) is 0.0861. The number of Topliss-reactive ketones (excluding diaryl/α,β-unsaturated/α-hetero) is 1. The number of benzene rings is 3. The van der Waals surface area contributed by atoms with E-state index in [0.29, 0.717) is 47.9 Å². The number of imide groups is 1. The van der Waals surface area contributed by atoms with Gasteiger partial charge in [0.2, 0.25) is 17.6 Å². The minimum Gasteiger partial charge on any atom is -0.454 e. The second kappa shape index (κ2) is 11.4. The van der Waals surface area contributed by atoms with Gasteiger partial charge in [-0.3, -0.25) is 19.3 Å². The van der Waals surface area contributed by atoms with Crippen LogP contribution in [0.1, 0.15) is 32.7 Å². The van der Waals surface area contributed by atoms with Gasteiger partial charge in [-0.1, -0.05) is 59.1 Å². The molecule has 3 aliphatic rings. The average Bonchev–Trinajstić information content (AvgIpc) is 3.71. The van der Waals surface area contributed by atoms with Gasteiger partial charge in [-0.05, 0) is 89.1 Å². The number of rotatable bonds is 6. The number of carbonyl (C=O) groups is 4. The van der Waals surface area contributed by atoms with E-state index < -0.39 is 18.4 Å². The molecule has 3 aromatic carbocycles. The Bertz CT molecular complexity index is 1980. The third-order valence-corrected chi connectivity index (χ3v) is 10.8. The van der Waals surface area contributed by atoms with Crippen LogP contribution in [0.2, 0.25) is 15.1 Å². The summed E-state index contributed by atoms with van der Waals surface area (Å²) in [4.78, 5) is 59.0. The van der Waals surface area contributed by atoms with Crippen LogP contribution >= 0.6 is 50.7 Å². The maximum absolute atomic E-state index is 13.5. The molecule has 2 heterocycles. The first-order valence-corrected chi connectivity index (χ1v) is 16.1. The summed E-state index contributed by atoms with van der Waals surface area (Å²) >= 11 is 22.1. The highest BCUT2D eigenvalue weighted by atomic mass is 79.9.